The summed E-state index contributed by atoms with van der Waals surface area (Å²) >= 11 is 0. The third-order valence-corrected chi connectivity index (χ3v) is 6.41. The highest BCUT2D eigenvalue weighted by atomic mass is 19.4. The molecule has 0 bridgehead atoms. The number of nitrogens with one attached hydrogen (secondary N) is 1. The van der Waals surface area contributed by atoms with Gasteiger partial charge in [-0.05, 0) is 56.4 Å². The van der Waals surface area contributed by atoms with Gasteiger partial charge in [0.15, 0.2) is 6.10 Å². The van der Waals surface area contributed by atoms with E-state index >= 15 is 0 Å². The van der Waals surface area contributed by atoms with Gasteiger partial charge in [0.25, 0.3) is 5.91 Å². The highest BCUT2D eigenvalue weighted by molar-refractivity contribution is 6.62. The maximum Gasteiger partial charge on any atom is 0.494 e. The van der Waals surface area contributed by atoms with Crippen molar-refractivity contribution in [3.05, 3.63) is 65.2 Å². The number of alkyl halides is 3. The normalized spacial score (nSPS) is 18.7. The zero-order valence-corrected chi connectivity index (χ0v) is 19.8. The van der Waals surface area contributed by atoms with Crippen molar-refractivity contribution in [2.75, 3.05) is 0 Å². The van der Waals surface area contributed by atoms with E-state index in [0.717, 1.165) is 29.7 Å². The van der Waals surface area contributed by atoms with Crippen LogP contribution < -0.4 is 16.5 Å². The molecule has 0 aliphatic carbocycles. The van der Waals surface area contributed by atoms with Crippen molar-refractivity contribution in [2.45, 2.75) is 63.6 Å². The Hall–Kier alpha value is -2.89. The number of carbonyl (C=O) groups is 2. The highest BCUT2D eigenvalue weighted by Crippen LogP contribution is 2.36. The largest absolute Gasteiger partial charge is 0.494 e. The number of aliphatic hydroxyl groups is 1. The summed E-state index contributed by atoms with van der Waals surface area (Å²) < 4.78 is 50.2. The Kier molecular flexibility index (Phi) is 7.36. The van der Waals surface area contributed by atoms with Gasteiger partial charge in [-0.1, -0.05) is 36.4 Å². The first-order chi connectivity index (χ1) is 16.1. The molecule has 0 saturated carbocycles. The summed E-state index contributed by atoms with van der Waals surface area (Å²) in [5.74, 6) is -1.78. The summed E-state index contributed by atoms with van der Waals surface area (Å²) in [6.07, 6.45) is -6.27. The van der Waals surface area contributed by atoms with Gasteiger partial charge in [0.2, 0.25) is 5.91 Å². The minimum atomic E-state index is -4.54. The van der Waals surface area contributed by atoms with Crippen molar-refractivity contribution in [2.24, 2.45) is 5.73 Å². The Balaban J connectivity index is 1.65. The number of halogens is 3. The number of carbonyl (C=O) groups excluding carboxylic acids is 2. The van der Waals surface area contributed by atoms with Crippen LogP contribution >= 0.6 is 0 Å². The van der Waals surface area contributed by atoms with Crippen LogP contribution in [0.15, 0.2) is 48.5 Å². The second kappa shape index (κ2) is 9.64. The first-order valence-corrected chi connectivity index (χ1v) is 11.0. The molecule has 0 spiro atoms. The lowest BCUT2D eigenvalue weighted by Crippen LogP contribution is -2.47. The molecule has 1 saturated heterocycles. The third kappa shape index (κ3) is 6.03. The molecule has 3 rings (SSSR count). The maximum atomic E-state index is 12.7. The Bertz CT molecular complexity index is 1060. The topological polar surface area (TPSA) is 111 Å². The lowest BCUT2D eigenvalue weighted by molar-refractivity contribution is -0.137. The van der Waals surface area contributed by atoms with E-state index in [1.165, 1.54) is 0 Å². The number of rotatable bonds is 7. The molecule has 188 valence electrons. The van der Waals surface area contributed by atoms with Crippen LogP contribution in [0, 0.1) is 0 Å². The standard InChI is InChI=1S/C24H28BF3N2O5/c1-22(2)23(3,4)35-25(34-22)17-11-5-14(6-12-17)13-18(20(29)32)30-21(33)19(31)15-7-9-16(10-8-15)24(26,27)28/h5-12,18-19,31H,13H2,1-4H3,(H2,29,32)(H,30,33)/t18-,19+/m1/s1. The highest BCUT2D eigenvalue weighted by Gasteiger charge is 2.51. The molecule has 1 aliphatic rings. The van der Waals surface area contributed by atoms with Gasteiger partial charge < -0.3 is 25.5 Å². The lowest BCUT2D eigenvalue weighted by atomic mass is 9.78. The van der Waals surface area contributed by atoms with Crippen LogP contribution in [0.5, 0.6) is 0 Å². The number of aliphatic hydroxyl groups excluding tert-OH is 1. The van der Waals surface area contributed by atoms with Crippen molar-refractivity contribution >= 4 is 24.4 Å². The minimum absolute atomic E-state index is 0.0461. The van der Waals surface area contributed by atoms with Gasteiger partial charge in [0, 0.05) is 6.42 Å². The molecular formula is C24H28BF3N2O5. The number of hydrogen-bond donors (Lipinski definition) is 3. The summed E-state index contributed by atoms with van der Waals surface area (Å²) in [5.41, 5.74) is 4.94. The van der Waals surface area contributed by atoms with E-state index in [9.17, 15) is 27.9 Å². The van der Waals surface area contributed by atoms with Crippen molar-refractivity contribution in [1.29, 1.82) is 0 Å². The van der Waals surface area contributed by atoms with Gasteiger partial charge in [-0.25, -0.2) is 0 Å². The van der Waals surface area contributed by atoms with Gasteiger partial charge >= 0.3 is 13.3 Å². The number of hydrogen-bond acceptors (Lipinski definition) is 5. The van der Waals surface area contributed by atoms with Crippen LogP contribution in [-0.4, -0.2) is 41.3 Å². The predicted molar refractivity (Wildman–Crippen MR) is 123 cm³/mol. The molecule has 2 aromatic rings. The molecule has 35 heavy (non-hydrogen) atoms. The molecule has 1 aliphatic heterocycles. The Morgan fingerprint density at radius 3 is 1.97 bits per heavy atom. The molecular weight excluding hydrogens is 464 g/mol. The molecule has 1 heterocycles. The molecule has 11 heteroatoms. The van der Waals surface area contributed by atoms with E-state index in [1.54, 1.807) is 24.3 Å². The summed E-state index contributed by atoms with van der Waals surface area (Å²) in [6.45, 7) is 7.78. The Morgan fingerprint density at radius 1 is 1.00 bits per heavy atom. The first-order valence-electron chi connectivity index (χ1n) is 11.0. The SMILES string of the molecule is CC1(C)OB(c2ccc(C[C@@H](NC(=O)[C@@H](O)c3ccc(C(F)(F)F)cc3)C(N)=O)cc2)OC1(C)C. The Labute approximate surface area is 201 Å². The van der Waals surface area contributed by atoms with Gasteiger partial charge in [0.05, 0.1) is 16.8 Å². The van der Waals surface area contributed by atoms with Crippen molar-refractivity contribution < 1.29 is 37.2 Å². The zero-order valence-electron chi connectivity index (χ0n) is 19.8. The predicted octanol–water partition coefficient (Wildman–Crippen LogP) is 2.25. The fourth-order valence-electron chi connectivity index (χ4n) is 3.50. The molecule has 1 fully saturated rings. The van der Waals surface area contributed by atoms with Gasteiger partial charge in [-0.3, -0.25) is 9.59 Å². The summed E-state index contributed by atoms with van der Waals surface area (Å²) in [5, 5.41) is 12.6. The van der Waals surface area contributed by atoms with E-state index in [4.69, 9.17) is 15.0 Å². The van der Waals surface area contributed by atoms with E-state index in [0.29, 0.717) is 5.56 Å². The Morgan fingerprint density at radius 2 is 1.51 bits per heavy atom. The molecule has 0 aromatic heterocycles. The summed E-state index contributed by atoms with van der Waals surface area (Å²) in [7, 11) is -0.556. The van der Waals surface area contributed by atoms with Gasteiger partial charge in [-0.2, -0.15) is 13.2 Å². The smallest absolute Gasteiger partial charge is 0.399 e. The van der Waals surface area contributed by atoms with E-state index in [1.807, 2.05) is 27.7 Å². The average Bonchev–Trinajstić information content (AvgIpc) is 2.99. The number of amides is 2. The fourth-order valence-corrected chi connectivity index (χ4v) is 3.50. The third-order valence-electron chi connectivity index (χ3n) is 6.41. The second-order valence-corrected chi connectivity index (χ2v) is 9.52. The number of primary amides is 1. The summed E-state index contributed by atoms with van der Waals surface area (Å²) in [6, 6.07) is 9.44. The summed E-state index contributed by atoms with van der Waals surface area (Å²) in [4.78, 5) is 24.4. The monoisotopic (exact) mass is 492 g/mol. The molecule has 0 unspecified atom stereocenters. The number of nitrogens with two attached hydrogens (primary N) is 1. The van der Waals surface area contributed by atoms with Gasteiger partial charge in [-0.15, -0.1) is 0 Å². The van der Waals surface area contributed by atoms with E-state index in [-0.39, 0.29) is 12.0 Å². The van der Waals surface area contributed by atoms with Crippen LogP contribution in [0.25, 0.3) is 0 Å². The lowest BCUT2D eigenvalue weighted by Gasteiger charge is -2.32. The second-order valence-electron chi connectivity index (χ2n) is 9.52. The van der Waals surface area contributed by atoms with Crippen molar-refractivity contribution in [1.82, 2.24) is 5.32 Å². The van der Waals surface area contributed by atoms with Crippen molar-refractivity contribution in [3.8, 4) is 0 Å². The number of benzene rings is 2. The molecule has 2 atom stereocenters. The molecule has 7 nitrogen and oxygen atoms in total. The molecule has 0 radical (unpaired) electrons. The average molecular weight is 492 g/mol. The van der Waals surface area contributed by atoms with Crippen molar-refractivity contribution in [3.63, 3.8) is 0 Å². The minimum Gasteiger partial charge on any atom is -0.399 e. The quantitative estimate of drug-likeness (QED) is 0.514. The zero-order chi connectivity index (χ0) is 26.2. The van der Waals surface area contributed by atoms with E-state index in [2.05, 4.69) is 5.32 Å². The van der Waals surface area contributed by atoms with Crippen LogP contribution in [0.1, 0.15) is 50.5 Å². The van der Waals surface area contributed by atoms with E-state index < -0.39 is 54.0 Å². The van der Waals surface area contributed by atoms with Crippen LogP contribution in [-0.2, 0) is 31.5 Å². The van der Waals surface area contributed by atoms with Crippen LogP contribution in [0.3, 0.4) is 0 Å². The van der Waals surface area contributed by atoms with Crippen LogP contribution in [0.2, 0.25) is 0 Å². The molecule has 4 N–H and O–H groups in total. The fraction of sp³-hybridized carbons (Fsp3) is 0.417. The first kappa shape index (κ1) is 26.7. The van der Waals surface area contributed by atoms with Gasteiger partial charge in [0.1, 0.15) is 6.04 Å². The maximum absolute atomic E-state index is 12.7. The molecule has 2 amide bonds. The molecule has 2 aromatic carbocycles. The van der Waals surface area contributed by atoms with Crippen LogP contribution in [0.4, 0.5) is 13.2 Å².